The van der Waals surface area contributed by atoms with Crippen molar-refractivity contribution in [1.82, 2.24) is 15.0 Å². The van der Waals surface area contributed by atoms with Gasteiger partial charge in [0, 0.05) is 0 Å². The second-order valence-corrected chi connectivity index (χ2v) is 3.92. The van der Waals surface area contributed by atoms with E-state index < -0.39 is 12.2 Å². The van der Waals surface area contributed by atoms with E-state index in [1.54, 1.807) is 12.4 Å². The molecular formula is C12H14N4O2. The van der Waals surface area contributed by atoms with Gasteiger partial charge in [-0.25, -0.2) is 4.79 Å². The zero-order valence-electron chi connectivity index (χ0n) is 9.98. The quantitative estimate of drug-likeness (QED) is 0.884. The summed E-state index contributed by atoms with van der Waals surface area (Å²) in [7, 11) is 0. The highest BCUT2D eigenvalue weighted by Crippen LogP contribution is 2.19. The van der Waals surface area contributed by atoms with Crippen LogP contribution in [0, 0.1) is 6.92 Å². The van der Waals surface area contributed by atoms with Crippen LogP contribution in [0.5, 0.6) is 0 Å². The van der Waals surface area contributed by atoms with Crippen LogP contribution in [0.4, 0.5) is 4.79 Å². The fourth-order valence-electron chi connectivity index (χ4n) is 1.62. The molecule has 0 spiro atoms. The first-order valence-electron chi connectivity index (χ1n) is 5.52. The van der Waals surface area contributed by atoms with Crippen molar-refractivity contribution in [3.8, 4) is 0 Å². The summed E-state index contributed by atoms with van der Waals surface area (Å²) in [6, 6.07) is 7.69. The number of benzene rings is 1. The molecule has 0 saturated heterocycles. The minimum absolute atomic E-state index is 0.332. The van der Waals surface area contributed by atoms with Crippen LogP contribution in [0.2, 0.25) is 0 Å². The predicted molar refractivity (Wildman–Crippen MR) is 64.6 cm³/mol. The molecule has 1 heterocycles. The Morgan fingerprint density at radius 3 is 2.50 bits per heavy atom. The molecular weight excluding hydrogens is 232 g/mol. The Kier molecular flexibility index (Phi) is 3.57. The number of nitrogens with two attached hydrogens (primary N) is 1. The number of rotatable bonds is 4. The highest BCUT2D eigenvalue weighted by molar-refractivity contribution is 5.65. The molecule has 0 fully saturated rings. The maximum Gasteiger partial charge on any atom is 0.405 e. The van der Waals surface area contributed by atoms with E-state index in [9.17, 15) is 4.79 Å². The van der Waals surface area contributed by atoms with Gasteiger partial charge >= 0.3 is 6.09 Å². The molecule has 0 saturated carbocycles. The predicted octanol–water partition coefficient (Wildman–Crippen LogP) is 1.42. The molecule has 6 heteroatoms. The molecule has 1 unspecified atom stereocenters. The zero-order valence-corrected chi connectivity index (χ0v) is 9.98. The van der Waals surface area contributed by atoms with Crippen LogP contribution in [0.25, 0.3) is 0 Å². The van der Waals surface area contributed by atoms with Crippen molar-refractivity contribution in [2.45, 2.75) is 19.6 Å². The Hall–Kier alpha value is -2.37. The maximum atomic E-state index is 10.9. The Morgan fingerprint density at radius 1 is 1.33 bits per heavy atom. The van der Waals surface area contributed by atoms with Crippen LogP contribution in [0.15, 0.2) is 36.7 Å². The molecule has 1 atom stereocenters. The molecule has 0 aliphatic heterocycles. The number of carbonyl (C=O) groups excluding carboxylic acids is 1. The average molecular weight is 246 g/mol. The lowest BCUT2D eigenvalue weighted by Crippen LogP contribution is -2.22. The van der Waals surface area contributed by atoms with Crippen LogP contribution in [0.1, 0.15) is 17.2 Å². The van der Waals surface area contributed by atoms with Gasteiger partial charge in [-0.05, 0) is 12.5 Å². The van der Waals surface area contributed by atoms with Gasteiger partial charge in [-0.3, -0.25) is 0 Å². The molecule has 6 nitrogen and oxygen atoms in total. The number of hydrogen-bond acceptors (Lipinski definition) is 4. The van der Waals surface area contributed by atoms with Crippen LogP contribution in [-0.4, -0.2) is 21.1 Å². The third kappa shape index (κ3) is 3.07. The molecule has 2 rings (SSSR count). The minimum Gasteiger partial charge on any atom is -0.439 e. The van der Waals surface area contributed by atoms with Gasteiger partial charge in [0.15, 0.2) is 0 Å². The molecule has 0 bridgehead atoms. The minimum atomic E-state index is -0.812. The summed E-state index contributed by atoms with van der Waals surface area (Å²) < 4.78 is 5.09. The first-order valence-corrected chi connectivity index (χ1v) is 5.52. The smallest absolute Gasteiger partial charge is 0.405 e. The molecule has 2 N–H and O–H groups in total. The Morgan fingerprint density at radius 2 is 1.94 bits per heavy atom. The van der Waals surface area contributed by atoms with Gasteiger partial charge in [0.1, 0.15) is 12.6 Å². The Balaban J connectivity index is 2.19. The third-order valence-corrected chi connectivity index (χ3v) is 2.50. The van der Waals surface area contributed by atoms with Gasteiger partial charge in [0.25, 0.3) is 0 Å². The summed E-state index contributed by atoms with van der Waals surface area (Å²) in [5.41, 5.74) is 7.07. The third-order valence-electron chi connectivity index (χ3n) is 2.50. The Bertz CT molecular complexity index is 507. The highest BCUT2D eigenvalue weighted by Gasteiger charge is 2.16. The van der Waals surface area contributed by atoms with Crippen LogP contribution >= 0.6 is 0 Å². The van der Waals surface area contributed by atoms with Gasteiger partial charge in [-0.2, -0.15) is 15.0 Å². The van der Waals surface area contributed by atoms with Gasteiger partial charge in [-0.1, -0.05) is 29.8 Å². The number of carbonyl (C=O) groups is 1. The van der Waals surface area contributed by atoms with Crippen molar-refractivity contribution < 1.29 is 9.53 Å². The Labute approximate surface area is 104 Å². The molecule has 0 radical (unpaired) electrons. The number of nitrogens with zero attached hydrogens (tertiary/aromatic N) is 3. The van der Waals surface area contributed by atoms with Crippen molar-refractivity contribution in [2.75, 3.05) is 0 Å². The number of primary amides is 1. The second-order valence-electron chi connectivity index (χ2n) is 3.92. The highest BCUT2D eigenvalue weighted by atomic mass is 16.6. The van der Waals surface area contributed by atoms with E-state index in [0.717, 1.165) is 11.1 Å². The van der Waals surface area contributed by atoms with Gasteiger partial charge in [-0.15, -0.1) is 0 Å². The number of aromatic nitrogens is 3. The summed E-state index contributed by atoms with van der Waals surface area (Å²) >= 11 is 0. The van der Waals surface area contributed by atoms with Crippen LogP contribution in [-0.2, 0) is 11.3 Å². The van der Waals surface area contributed by atoms with Gasteiger partial charge < -0.3 is 10.5 Å². The summed E-state index contributed by atoms with van der Waals surface area (Å²) in [6.07, 6.45) is 1.83. The fourth-order valence-corrected chi connectivity index (χ4v) is 1.62. The normalized spacial score (nSPS) is 12.1. The largest absolute Gasteiger partial charge is 0.439 e. The topological polar surface area (TPSA) is 83.0 Å². The molecule has 1 aromatic heterocycles. The summed E-state index contributed by atoms with van der Waals surface area (Å²) in [6.45, 7) is 2.32. The van der Waals surface area contributed by atoms with Crippen LogP contribution < -0.4 is 5.73 Å². The zero-order chi connectivity index (χ0) is 13.0. The molecule has 2 aromatic rings. The summed E-state index contributed by atoms with van der Waals surface area (Å²) in [5, 5.41) is 7.96. The lowest BCUT2D eigenvalue weighted by atomic mass is 10.1. The number of hydrogen-bond donors (Lipinski definition) is 1. The van der Waals surface area contributed by atoms with E-state index in [0.29, 0.717) is 6.54 Å². The molecule has 1 amide bonds. The van der Waals surface area contributed by atoms with E-state index >= 15 is 0 Å². The first-order chi connectivity index (χ1) is 8.65. The van der Waals surface area contributed by atoms with E-state index in [1.807, 2.05) is 31.2 Å². The van der Waals surface area contributed by atoms with Crippen molar-refractivity contribution in [3.63, 3.8) is 0 Å². The van der Waals surface area contributed by atoms with Crippen molar-refractivity contribution in [2.24, 2.45) is 5.73 Å². The van der Waals surface area contributed by atoms with E-state index in [1.165, 1.54) is 4.80 Å². The lowest BCUT2D eigenvalue weighted by molar-refractivity contribution is 0.0904. The number of ether oxygens (including phenoxy) is 1. The van der Waals surface area contributed by atoms with Crippen molar-refractivity contribution >= 4 is 6.09 Å². The van der Waals surface area contributed by atoms with Gasteiger partial charge in [0.2, 0.25) is 0 Å². The number of amides is 1. The standard InChI is InChI=1S/C12H14N4O2/c1-9-2-4-10(5-3-9)11(18-12(13)17)8-16-14-6-7-15-16/h2-7,11H,8H2,1H3,(H2,13,17). The average Bonchev–Trinajstić information content (AvgIpc) is 2.81. The molecule has 18 heavy (non-hydrogen) atoms. The summed E-state index contributed by atoms with van der Waals surface area (Å²) in [5.74, 6) is 0. The summed E-state index contributed by atoms with van der Waals surface area (Å²) in [4.78, 5) is 12.4. The van der Waals surface area contributed by atoms with Gasteiger partial charge in [0.05, 0.1) is 12.4 Å². The molecule has 0 aliphatic carbocycles. The van der Waals surface area contributed by atoms with Crippen molar-refractivity contribution in [3.05, 3.63) is 47.8 Å². The van der Waals surface area contributed by atoms with Crippen LogP contribution in [0.3, 0.4) is 0 Å². The molecule has 0 aliphatic rings. The SMILES string of the molecule is Cc1ccc(C(Cn2nccn2)OC(N)=O)cc1. The molecule has 94 valence electrons. The lowest BCUT2D eigenvalue weighted by Gasteiger charge is -2.16. The monoisotopic (exact) mass is 246 g/mol. The maximum absolute atomic E-state index is 10.9. The van der Waals surface area contributed by atoms with E-state index in [-0.39, 0.29) is 0 Å². The number of aryl methyl sites for hydroxylation is 1. The van der Waals surface area contributed by atoms with E-state index in [4.69, 9.17) is 10.5 Å². The van der Waals surface area contributed by atoms with E-state index in [2.05, 4.69) is 10.2 Å². The second kappa shape index (κ2) is 5.31. The molecule has 1 aromatic carbocycles. The first kappa shape index (κ1) is 12.1. The fraction of sp³-hybridized carbons (Fsp3) is 0.250. The van der Waals surface area contributed by atoms with Crippen molar-refractivity contribution in [1.29, 1.82) is 0 Å².